The Morgan fingerprint density at radius 3 is 2.68 bits per heavy atom. The zero-order valence-corrected chi connectivity index (χ0v) is 25.2. The molecule has 2 aromatic heterocycles. The number of anilines is 5. The highest BCUT2D eigenvalue weighted by Crippen LogP contribution is 2.31. The highest BCUT2D eigenvalue weighted by Gasteiger charge is 2.31. The highest BCUT2D eigenvalue weighted by molar-refractivity contribution is 7.89. The maximum atomic E-state index is 13.2. The smallest absolute Gasteiger partial charge is 0.244 e. The lowest BCUT2D eigenvalue weighted by Gasteiger charge is -2.31. The van der Waals surface area contributed by atoms with Gasteiger partial charge in [-0.05, 0) is 79.1 Å². The molecule has 13 heteroatoms. The zero-order chi connectivity index (χ0) is 30.7. The van der Waals surface area contributed by atoms with Gasteiger partial charge in [0.1, 0.15) is 11.1 Å². The van der Waals surface area contributed by atoms with Crippen LogP contribution < -0.4 is 16.0 Å². The Hall–Kier alpha value is -4.57. The molecular weight excluding hydrogens is 600 g/mol. The summed E-state index contributed by atoms with van der Waals surface area (Å²) >= 11 is 6.37. The predicted octanol–water partition coefficient (Wildman–Crippen LogP) is 5.41. The summed E-state index contributed by atoms with van der Waals surface area (Å²) in [6.45, 7) is 0.585. The lowest BCUT2D eigenvalue weighted by Crippen LogP contribution is -2.39. The number of amides is 1. The first-order chi connectivity index (χ1) is 21.3. The average Bonchev–Trinajstić information content (AvgIpc) is 3.03. The van der Waals surface area contributed by atoms with Crippen LogP contribution in [0.25, 0.3) is 0 Å². The van der Waals surface area contributed by atoms with Gasteiger partial charge in [-0.15, -0.1) is 0 Å². The number of aryl methyl sites for hydroxylation is 2. The molecule has 3 N–H and O–H groups in total. The number of fused-ring (bicyclic) bond motifs is 6. The van der Waals surface area contributed by atoms with Crippen LogP contribution in [0.4, 0.5) is 28.8 Å². The van der Waals surface area contributed by atoms with Crippen LogP contribution in [0.3, 0.4) is 0 Å². The van der Waals surface area contributed by atoms with Gasteiger partial charge < -0.3 is 16.0 Å². The van der Waals surface area contributed by atoms with Crippen LogP contribution in [0, 0.1) is 17.2 Å². The Morgan fingerprint density at radius 1 is 1.05 bits per heavy atom. The van der Waals surface area contributed by atoms with Crippen molar-refractivity contribution < 1.29 is 13.2 Å². The molecule has 1 amide bonds. The Balaban J connectivity index is 1.15. The molecule has 4 aromatic rings. The fourth-order valence-corrected chi connectivity index (χ4v) is 7.24. The molecular formula is C31H29ClN8O3S. The second-order valence-electron chi connectivity index (χ2n) is 10.8. The quantitative estimate of drug-likeness (QED) is 0.263. The molecule has 0 saturated carbocycles. The summed E-state index contributed by atoms with van der Waals surface area (Å²) in [6.07, 6.45) is 7.75. The maximum absolute atomic E-state index is 13.2. The number of rotatable bonds is 5. The van der Waals surface area contributed by atoms with Crippen LogP contribution in [0.1, 0.15) is 36.0 Å². The van der Waals surface area contributed by atoms with Gasteiger partial charge in [0.15, 0.2) is 5.82 Å². The number of halogens is 1. The van der Waals surface area contributed by atoms with Gasteiger partial charge in [-0.2, -0.15) is 14.6 Å². The minimum atomic E-state index is -3.79. The Bertz CT molecular complexity index is 1870. The molecule has 11 nitrogen and oxygen atoms in total. The number of benzene rings is 2. The van der Waals surface area contributed by atoms with Gasteiger partial charge in [-0.3, -0.25) is 9.78 Å². The number of carbonyl (C=O) groups excluding carboxylic acids is 1. The van der Waals surface area contributed by atoms with Gasteiger partial charge in [0.25, 0.3) is 0 Å². The molecule has 1 fully saturated rings. The lowest BCUT2D eigenvalue weighted by molar-refractivity contribution is -0.117. The number of hydrogen-bond donors (Lipinski definition) is 3. The van der Waals surface area contributed by atoms with E-state index in [4.69, 9.17) is 11.6 Å². The lowest BCUT2D eigenvalue weighted by atomic mass is 9.94. The largest absolute Gasteiger partial charge is 0.339 e. The van der Waals surface area contributed by atoms with Gasteiger partial charge in [0.2, 0.25) is 21.9 Å². The van der Waals surface area contributed by atoms with Crippen LogP contribution in [-0.2, 0) is 27.7 Å². The Morgan fingerprint density at radius 2 is 1.86 bits per heavy atom. The number of piperidine rings is 1. The zero-order valence-electron chi connectivity index (χ0n) is 23.6. The Labute approximate surface area is 260 Å². The fraction of sp³-hybridized carbons (Fsp3) is 0.258. The van der Waals surface area contributed by atoms with Crippen molar-refractivity contribution >= 4 is 56.4 Å². The summed E-state index contributed by atoms with van der Waals surface area (Å²) < 4.78 is 27.8. The summed E-state index contributed by atoms with van der Waals surface area (Å²) in [4.78, 5) is 26.3. The van der Waals surface area contributed by atoms with E-state index >= 15 is 0 Å². The first-order valence-electron chi connectivity index (χ1n) is 14.2. The van der Waals surface area contributed by atoms with Crippen LogP contribution in [0.2, 0.25) is 5.02 Å². The third-order valence-electron chi connectivity index (χ3n) is 7.79. The standard InChI is InChI=1S/C31H29ClN8O3S/c32-26-19-35-31-37-25-13-21(17-34-18-25)5-6-22-15-24(36-30(26)39-31)7-8-27(22)38-29(41)14-20-9-11-40(12-10-20)44(42,43)28-4-2-1-3-23(28)16-33/h1-4,7-8,13,15,17-20H,5-6,9-12,14H2,(H,38,41)(H2,35,36,37,39). The number of aromatic nitrogens is 3. The van der Waals surface area contributed by atoms with Crippen LogP contribution in [-0.4, -0.2) is 46.7 Å². The number of pyridine rings is 1. The van der Waals surface area contributed by atoms with E-state index in [9.17, 15) is 18.5 Å². The summed E-state index contributed by atoms with van der Waals surface area (Å²) in [5.74, 6) is 0.737. The third-order valence-corrected chi connectivity index (χ3v) is 10.0. The SMILES string of the molecule is N#Cc1ccccc1S(=O)(=O)N1CCC(CC(=O)Nc2ccc3cc2CCc2cncc(c2)Nc2ncc(Cl)c(n2)N3)CC1. The van der Waals surface area contributed by atoms with Crippen molar-refractivity contribution in [2.75, 3.05) is 29.0 Å². The van der Waals surface area contributed by atoms with Gasteiger partial charge in [0, 0.05) is 37.1 Å². The normalized spacial score (nSPS) is 15.4. The van der Waals surface area contributed by atoms with Gasteiger partial charge >= 0.3 is 0 Å². The summed E-state index contributed by atoms with van der Waals surface area (Å²) in [7, 11) is -3.79. The summed E-state index contributed by atoms with van der Waals surface area (Å²) in [5, 5.41) is 19.2. The minimum absolute atomic E-state index is 0.0203. The first-order valence-corrected chi connectivity index (χ1v) is 16.0. The topological polar surface area (TPSA) is 153 Å². The second kappa shape index (κ2) is 12.6. The molecule has 4 heterocycles. The van der Waals surface area contributed by atoms with Crippen LogP contribution in [0.5, 0.6) is 0 Å². The highest BCUT2D eigenvalue weighted by atomic mass is 35.5. The van der Waals surface area contributed by atoms with E-state index in [0.29, 0.717) is 61.2 Å². The number of nitrogens with zero attached hydrogens (tertiary/aromatic N) is 5. The minimum Gasteiger partial charge on any atom is -0.339 e. The van der Waals surface area contributed by atoms with E-state index in [1.54, 1.807) is 18.3 Å². The van der Waals surface area contributed by atoms with Crippen LogP contribution >= 0.6 is 11.6 Å². The summed E-state index contributed by atoms with van der Waals surface area (Å²) in [5.41, 5.74) is 4.30. The summed E-state index contributed by atoms with van der Waals surface area (Å²) in [6, 6.07) is 15.9. The van der Waals surface area contributed by atoms with Crippen LogP contribution in [0.15, 0.2) is 72.0 Å². The molecule has 0 unspecified atom stereocenters. The fourth-order valence-electron chi connectivity index (χ4n) is 5.49. The van der Waals surface area contributed by atoms with Crippen molar-refractivity contribution in [1.82, 2.24) is 19.3 Å². The van der Waals surface area contributed by atoms with Gasteiger partial charge in [0.05, 0.1) is 28.5 Å². The van der Waals surface area contributed by atoms with E-state index in [-0.39, 0.29) is 28.7 Å². The number of nitrogens with one attached hydrogen (secondary N) is 3. The van der Waals surface area contributed by atoms with E-state index in [1.165, 1.54) is 22.6 Å². The molecule has 0 radical (unpaired) electrons. The van der Waals surface area contributed by atoms with Crippen molar-refractivity contribution in [1.29, 1.82) is 5.26 Å². The molecule has 1 saturated heterocycles. The average molecular weight is 629 g/mol. The van der Waals surface area contributed by atoms with Crippen molar-refractivity contribution in [3.05, 3.63) is 88.8 Å². The molecule has 224 valence electrons. The van der Waals surface area contributed by atoms with Crippen molar-refractivity contribution in [3.63, 3.8) is 0 Å². The van der Waals surface area contributed by atoms with E-state index in [0.717, 1.165) is 22.5 Å². The maximum Gasteiger partial charge on any atom is 0.244 e. The number of sulfonamides is 1. The third kappa shape index (κ3) is 6.50. The van der Waals surface area contributed by atoms with Crippen molar-refractivity contribution in [2.24, 2.45) is 5.92 Å². The molecule has 0 aliphatic carbocycles. The van der Waals surface area contributed by atoms with Crippen molar-refractivity contribution in [3.8, 4) is 6.07 Å². The molecule has 0 atom stereocenters. The molecule has 44 heavy (non-hydrogen) atoms. The first kappa shape index (κ1) is 29.5. The monoisotopic (exact) mass is 628 g/mol. The number of carbonyl (C=O) groups is 1. The predicted molar refractivity (Wildman–Crippen MR) is 168 cm³/mol. The molecule has 0 spiro atoms. The Kier molecular flexibility index (Phi) is 8.43. The van der Waals surface area contributed by atoms with E-state index in [1.807, 2.05) is 36.5 Å². The van der Waals surface area contributed by atoms with Gasteiger partial charge in [-0.25, -0.2) is 13.4 Å². The van der Waals surface area contributed by atoms with E-state index in [2.05, 4.69) is 30.9 Å². The molecule has 2 aliphatic rings. The number of nitriles is 1. The molecule has 2 aromatic carbocycles. The molecule has 6 rings (SSSR count). The number of hydrogen-bond acceptors (Lipinski definition) is 9. The van der Waals surface area contributed by atoms with E-state index < -0.39 is 10.0 Å². The second-order valence-corrected chi connectivity index (χ2v) is 13.1. The molecule has 6 bridgehead atoms. The van der Waals surface area contributed by atoms with Gasteiger partial charge in [-0.1, -0.05) is 23.7 Å². The van der Waals surface area contributed by atoms with Crippen molar-refractivity contribution in [2.45, 2.75) is 37.0 Å². The molecule has 2 aliphatic heterocycles.